The lowest BCUT2D eigenvalue weighted by atomic mass is 9.64. The Balaban J connectivity index is 1.69. The van der Waals surface area contributed by atoms with Gasteiger partial charge in [0.2, 0.25) is 0 Å². The average Bonchev–Trinajstić information content (AvgIpc) is 3.27. The number of nitrogens with zero attached hydrogens (tertiary/aromatic N) is 1. The van der Waals surface area contributed by atoms with Crippen LogP contribution in [-0.2, 0) is 4.79 Å². The van der Waals surface area contributed by atoms with E-state index in [-0.39, 0.29) is 17.3 Å². The van der Waals surface area contributed by atoms with Crippen LogP contribution in [0, 0.1) is 12.3 Å². The first-order chi connectivity index (χ1) is 16.4. The normalized spacial score (nSPS) is 23.7. The zero-order valence-corrected chi connectivity index (χ0v) is 20.4. The molecule has 3 aromatic carbocycles. The van der Waals surface area contributed by atoms with Gasteiger partial charge in [0.25, 0.3) is 0 Å². The van der Waals surface area contributed by atoms with Gasteiger partial charge in [-0.3, -0.25) is 14.4 Å². The van der Waals surface area contributed by atoms with Crippen molar-refractivity contribution in [2.24, 2.45) is 5.41 Å². The molecule has 0 aromatic heterocycles. The summed E-state index contributed by atoms with van der Waals surface area (Å²) in [5.41, 5.74) is 3.23. The summed E-state index contributed by atoms with van der Waals surface area (Å²) >= 11 is 3.49. The minimum atomic E-state index is -1.41. The number of carbonyl (C=O) groups is 3. The fourth-order valence-corrected chi connectivity index (χ4v) is 6.53. The van der Waals surface area contributed by atoms with E-state index in [1.54, 1.807) is 31.2 Å². The Hall–Kier alpha value is -3.31. The van der Waals surface area contributed by atoms with Gasteiger partial charge in [0, 0.05) is 27.2 Å². The number of hydrogen-bond donors (Lipinski definition) is 0. The molecule has 2 heterocycles. The van der Waals surface area contributed by atoms with Crippen LogP contribution in [-0.4, -0.2) is 29.4 Å². The van der Waals surface area contributed by atoms with Crippen LogP contribution in [0.25, 0.3) is 6.08 Å². The highest BCUT2D eigenvalue weighted by molar-refractivity contribution is 9.10. The van der Waals surface area contributed by atoms with Crippen LogP contribution < -0.4 is 4.90 Å². The van der Waals surface area contributed by atoms with Gasteiger partial charge in [0.15, 0.2) is 17.3 Å². The first kappa shape index (κ1) is 21.2. The van der Waals surface area contributed by atoms with Crippen molar-refractivity contribution < 1.29 is 14.4 Å². The van der Waals surface area contributed by atoms with E-state index in [2.05, 4.69) is 22.0 Å². The molecular weight excluding hydrogens is 490 g/mol. The number of hydrogen-bond acceptors (Lipinski definition) is 4. The van der Waals surface area contributed by atoms with Gasteiger partial charge in [0.05, 0.1) is 12.1 Å². The number of Topliss-reactive ketones (excluding diaryl/α,β-unsaturated/α-hetero) is 3. The summed E-state index contributed by atoms with van der Waals surface area (Å²) in [6, 6.07) is 19.6. The van der Waals surface area contributed by atoms with Gasteiger partial charge >= 0.3 is 0 Å². The maximum Gasteiger partial charge on any atom is 0.180 e. The first-order valence-electron chi connectivity index (χ1n) is 11.4. The third kappa shape index (κ3) is 2.62. The van der Waals surface area contributed by atoms with Gasteiger partial charge < -0.3 is 4.90 Å². The van der Waals surface area contributed by atoms with Crippen molar-refractivity contribution in [3.63, 3.8) is 0 Å². The van der Waals surface area contributed by atoms with Crippen molar-refractivity contribution in [1.82, 2.24) is 0 Å². The monoisotopic (exact) mass is 511 g/mol. The van der Waals surface area contributed by atoms with Crippen molar-refractivity contribution >= 4 is 45.0 Å². The highest BCUT2D eigenvalue weighted by Gasteiger charge is 2.71. The molecule has 4 nitrogen and oxygen atoms in total. The Morgan fingerprint density at radius 3 is 2.21 bits per heavy atom. The van der Waals surface area contributed by atoms with Gasteiger partial charge in [-0.1, -0.05) is 76.6 Å². The van der Waals surface area contributed by atoms with E-state index in [1.165, 1.54) is 0 Å². The van der Waals surface area contributed by atoms with Gasteiger partial charge in [0.1, 0.15) is 5.41 Å². The number of benzene rings is 3. The van der Waals surface area contributed by atoms with E-state index < -0.39 is 23.4 Å². The number of ketones is 3. The van der Waals surface area contributed by atoms with E-state index in [4.69, 9.17) is 0 Å². The maximum absolute atomic E-state index is 14.3. The van der Waals surface area contributed by atoms with Crippen molar-refractivity contribution in [3.8, 4) is 0 Å². The molecule has 168 valence electrons. The zero-order valence-electron chi connectivity index (χ0n) is 18.8. The Kier molecular flexibility index (Phi) is 4.59. The summed E-state index contributed by atoms with van der Waals surface area (Å²) < 4.78 is 0.897. The van der Waals surface area contributed by atoms with Crippen molar-refractivity contribution in [1.29, 1.82) is 0 Å². The molecule has 6 rings (SSSR count). The molecule has 1 spiro atoms. The molecule has 3 aliphatic rings. The number of fused-ring (bicyclic) bond motifs is 5. The van der Waals surface area contributed by atoms with Crippen molar-refractivity contribution in [2.45, 2.75) is 31.8 Å². The number of rotatable bonds is 2. The summed E-state index contributed by atoms with van der Waals surface area (Å²) in [6.07, 6.45) is 3.94. The van der Waals surface area contributed by atoms with Crippen LogP contribution in [0.2, 0.25) is 0 Å². The van der Waals surface area contributed by atoms with E-state index in [1.807, 2.05) is 60.4 Å². The lowest BCUT2D eigenvalue weighted by Gasteiger charge is -2.37. The van der Waals surface area contributed by atoms with E-state index in [9.17, 15) is 14.4 Å². The SMILES string of the molecule is CC(=O)[C@@H]1[C@H](c2ccc(Br)cc2)C2(C(=O)c3ccccc3C2=O)[C@H]2C=Cc3ccc(C)cc3N12. The highest BCUT2D eigenvalue weighted by Crippen LogP contribution is 2.60. The summed E-state index contributed by atoms with van der Waals surface area (Å²) in [5, 5.41) is 0. The zero-order chi connectivity index (χ0) is 23.8. The first-order valence-corrected chi connectivity index (χ1v) is 12.2. The lowest BCUT2D eigenvalue weighted by molar-refractivity contribution is -0.118. The third-order valence-corrected chi connectivity index (χ3v) is 8.14. The number of anilines is 1. The molecule has 1 aliphatic carbocycles. The van der Waals surface area contributed by atoms with E-state index in [0.717, 1.165) is 26.9 Å². The summed E-state index contributed by atoms with van der Waals surface area (Å²) in [4.78, 5) is 44.0. The predicted octanol–water partition coefficient (Wildman–Crippen LogP) is 5.78. The van der Waals surface area contributed by atoms with Crippen LogP contribution >= 0.6 is 15.9 Å². The van der Waals surface area contributed by atoms with Crippen LogP contribution in [0.1, 0.15) is 50.2 Å². The molecule has 0 unspecified atom stereocenters. The molecule has 0 bridgehead atoms. The molecule has 0 N–H and O–H groups in total. The molecule has 1 saturated heterocycles. The lowest BCUT2D eigenvalue weighted by Crippen LogP contribution is -2.48. The van der Waals surface area contributed by atoms with Crippen molar-refractivity contribution in [2.75, 3.05) is 4.90 Å². The van der Waals surface area contributed by atoms with Gasteiger partial charge in [-0.15, -0.1) is 0 Å². The molecule has 0 saturated carbocycles. The topological polar surface area (TPSA) is 54.5 Å². The quantitative estimate of drug-likeness (QED) is 0.409. The molecule has 5 heteroatoms. The highest BCUT2D eigenvalue weighted by atomic mass is 79.9. The fourth-order valence-electron chi connectivity index (χ4n) is 6.27. The molecular formula is C29H22BrNO3. The standard InChI is InChI=1S/C29H22BrNO3/c1-16-7-8-18-11-14-24-29(27(33)21-5-3-4-6-22(21)28(29)34)25(19-9-12-20(30)13-10-19)26(17(2)32)31(24)23(18)15-16/h3-15,24-26H,1-2H3/t24-,25+,26-/m1/s1. The number of halogens is 1. The van der Waals surface area contributed by atoms with Gasteiger partial charge in [-0.2, -0.15) is 0 Å². The summed E-state index contributed by atoms with van der Waals surface area (Å²) in [7, 11) is 0. The Labute approximate surface area is 206 Å². The Morgan fingerprint density at radius 2 is 1.59 bits per heavy atom. The van der Waals surface area contributed by atoms with Crippen molar-refractivity contribution in [3.05, 3.63) is 105 Å². The summed E-state index contributed by atoms with van der Waals surface area (Å²) in [6.45, 7) is 3.58. The maximum atomic E-state index is 14.3. The predicted molar refractivity (Wildman–Crippen MR) is 135 cm³/mol. The molecule has 2 aliphatic heterocycles. The van der Waals surface area contributed by atoms with Gasteiger partial charge in [-0.05, 0) is 48.7 Å². The van der Waals surface area contributed by atoms with Crippen LogP contribution in [0.5, 0.6) is 0 Å². The minimum absolute atomic E-state index is 0.0610. The largest absolute Gasteiger partial charge is 0.352 e. The Morgan fingerprint density at radius 1 is 0.941 bits per heavy atom. The molecule has 3 atom stereocenters. The molecule has 3 aromatic rings. The van der Waals surface area contributed by atoms with E-state index in [0.29, 0.717) is 11.1 Å². The second-order valence-electron chi connectivity index (χ2n) is 9.43. The average molecular weight is 512 g/mol. The third-order valence-electron chi connectivity index (χ3n) is 7.61. The second kappa shape index (κ2) is 7.34. The molecule has 34 heavy (non-hydrogen) atoms. The smallest absolute Gasteiger partial charge is 0.180 e. The Bertz CT molecular complexity index is 1390. The number of aryl methyl sites for hydroxylation is 1. The van der Waals surface area contributed by atoms with E-state index >= 15 is 0 Å². The van der Waals surface area contributed by atoms with Crippen LogP contribution in [0.3, 0.4) is 0 Å². The summed E-state index contributed by atoms with van der Waals surface area (Å²) in [5.74, 6) is -1.07. The molecule has 0 amide bonds. The van der Waals surface area contributed by atoms with Crippen LogP contribution in [0.4, 0.5) is 5.69 Å². The fraction of sp³-hybridized carbons (Fsp3) is 0.207. The minimum Gasteiger partial charge on any atom is -0.352 e. The molecule has 1 fully saturated rings. The molecule has 0 radical (unpaired) electrons. The van der Waals surface area contributed by atoms with Gasteiger partial charge in [-0.25, -0.2) is 0 Å². The second-order valence-corrected chi connectivity index (χ2v) is 10.3. The number of carbonyl (C=O) groups excluding carboxylic acids is 3. The van der Waals surface area contributed by atoms with Crippen LogP contribution in [0.15, 0.2) is 77.3 Å².